The van der Waals surface area contributed by atoms with E-state index in [1.807, 2.05) is 0 Å². The Morgan fingerprint density at radius 2 is 0.591 bits per heavy atom. The third kappa shape index (κ3) is 14.0. The number of hydrogen-bond donors (Lipinski definition) is 0. The molecule has 10 nitrogen and oxygen atoms in total. The molecule has 44 heavy (non-hydrogen) atoms. The van der Waals surface area contributed by atoms with Crippen LogP contribution in [-0.4, -0.2) is 120 Å². The van der Waals surface area contributed by atoms with Crippen molar-refractivity contribution in [3.8, 4) is 0 Å². The van der Waals surface area contributed by atoms with Crippen molar-refractivity contribution >= 4 is 48.5 Å². The third-order valence-electron chi connectivity index (χ3n) is 8.71. The van der Waals surface area contributed by atoms with Crippen LogP contribution in [0.5, 0.6) is 0 Å². The standard InChI is InChI=1S/C30H64N2O8Si4/c1-25(41(33-5)34-6)17-21-31(22-18-26(2)42(35-7)36-8)29-13-15-30(16-14-29)32(23-19-27(3)43(37-9)38-10)24-20-28(4)44(39-11)40-12/h13-16,25-28,41-44H,17-24H2,1-12H3. The molecular formula is C30H64N2O8Si4. The van der Waals surface area contributed by atoms with Crippen LogP contribution in [0.1, 0.15) is 53.4 Å². The highest BCUT2D eigenvalue weighted by Crippen LogP contribution is 2.28. The summed E-state index contributed by atoms with van der Waals surface area (Å²) in [6.45, 7) is 12.7. The van der Waals surface area contributed by atoms with Gasteiger partial charge >= 0.3 is 37.1 Å². The monoisotopic (exact) mass is 692 g/mol. The molecule has 0 aliphatic heterocycles. The second kappa shape index (κ2) is 23.7. The molecule has 0 saturated heterocycles. The fourth-order valence-electron chi connectivity index (χ4n) is 5.84. The van der Waals surface area contributed by atoms with Gasteiger partial charge < -0.3 is 45.2 Å². The van der Waals surface area contributed by atoms with Crippen molar-refractivity contribution in [1.29, 1.82) is 0 Å². The Hall–Kier alpha value is -0.632. The van der Waals surface area contributed by atoms with E-state index in [-0.39, 0.29) is 0 Å². The minimum Gasteiger partial charge on any atom is -0.400 e. The van der Waals surface area contributed by atoms with Crippen molar-refractivity contribution < 1.29 is 35.4 Å². The summed E-state index contributed by atoms with van der Waals surface area (Å²) in [5, 5.41) is 0. The molecule has 0 spiro atoms. The van der Waals surface area contributed by atoms with Crippen molar-refractivity contribution in [3.05, 3.63) is 24.3 Å². The molecule has 1 aromatic carbocycles. The SMILES string of the molecule is CO[SiH](OC)C(C)CCN(CCC(C)[SiH](OC)OC)c1ccc(N(CCC(C)[SiH](OC)OC)CCC(C)[SiH](OC)OC)cc1. The normalized spacial score (nSPS) is 14.9. The first kappa shape index (κ1) is 41.4. The molecule has 4 atom stereocenters. The van der Waals surface area contributed by atoms with Gasteiger partial charge in [0.05, 0.1) is 0 Å². The lowest BCUT2D eigenvalue weighted by Crippen LogP contribution is -2.33. The van der Waals surface area contributed by atoms with Crippen molar-refractivity contribution in [3.63, 3.8) is 0 Å². The maximum Gasteiger partial charge on any atom is 0.323 e. The largest absolute Gasteiger partial charge is 0.400 e. The number of nitrogens with zero attached hydrogens (tertiary/aromatic N) is 2. The van der Waals surface area contributed by atoms with Crippen LogP contribution in [-0.2, 0) is 35.4 Å². The first-order chi connectivity index (χ1) is 21.1. The average Bonchev–Trinajstić information content (AvgIpc) is 3.03. The molecule has 0 amide bonds. The lowest BCUT2D eigenvalue weighted by molar-refractivity contribution is 0.263. The second-order valence-corrected chi connectivity index (χ2v) is 23.2. The predicted molar refractivity (Wildman–Crippen MR) is 192 cm³/mol. The lowest BCUT2D eigenvalue weighted by Gasteiger charge is -2.31. The molecular weight excluding hydrogens is 629 g/mol. The zero-order valence-electron chi connectivity index (χ0n) is 29.7. The number of rotatable bonds is 26. The van der Waals surface area contributed by atoms with Gasteiger partial charge in [0, 0.05) is 94.4 Å². The molecule has 0 N–H and O–H groups in total. The fourth-order valence-corrected chi connectivity index (χ4v) is 12.0. The Morgan fingerprint density at radius 3 is 0.750 bits per heavy atom. The molecule has 0 aliphatic rings. The first-order valence-electron chi connectivity index (χ1n) is 16.0. The van der Waals surface area contributed by atoms with E-state index in [0.717, 1.165) is 51.9 Å². The summed E-state index contributed by atoms with van der Waals surface area (Å²) >= 11 is 0. The highest BCUT2D eigenvalue weighted by atomic mass is 28.3. The van der Waals surface area contributed by atoms with Gasteiger partial charge in [-0.25, -0.2) is 0 Å². The zero-order valence-corrected chi connectivity index (χ0v) is 34.4. The van der Waals surface area contributed by atoms with E-state index in [1.165, 1.54) is 11.4 Å². The molecule has 0 fully saturated rings. The second-order valence-electron chi connectivity index (χ2n) is 11.9. The summed E-state index contributed by atoms with van der Waals surface area (Å²) < 4.78 is 45.4. The molecule has 0 saturated carbocycles. The minimum atomic E-state index is -1.68. The molecule has 258 valence electrons. The van der Waals surface area contributed by atoms with Gasteiger partial charge in [-0.2, -0.15) is 0 Å². The molecule has 14 heteroatoms. The highest BCUT2D eigenvalue weighted by molar-refractivity contribution is 6.47. The summed E-state index contributed by atoms with van der Waals surface area (Å²) in [5.41, 5.74) is 4.08. The summed E-state index contributed by atoms with van der Waals surface area (Å²) in [6, 6.07) is 9.10. The number of anilines is 2. The maximum atomic E-state index is 5.68. The van der Waals surface area contributed by atoms with Crippen LogP contribution >= 0.6 is 0 Å². The lowest BCUT2D eigenvalue weighted by atomic mass is 10.2. The van der Waals surface area contributed by atoms with Crippen LogP contribution in [0.15, 0.2) is 24.3 Å². The van der Waals surface area contributed by atoms with Gasteiger partial charge in [-0.1, -0.05) is 27.7 Å². The maximum absolute atomic E-state index is 5.68. The van der Waals surface area contributed by atoms with Gasteiger partial charge in [-0.15, -0.1) is 0 Å². The molecule has 0 heterocycles. The van der Waals surface area contributed by atoms with Crippen LogP contribution in [0.4, 0.5) is 11.4 Å². The molecule has 0 bridgehead atoms. The summed E-state index contributed by atoms with van der Waals surface area (Å²) in [5.74, 6) is 0. The van der Waals surface area contributed by atoms with E-state index in [0.29, 0.717) is 22.2 Å². The topological polar surface area (TPSA) is 80.3 Å². The average molecular weight is 693 g/mol. The van der Waals surface area contributed by atoms with Gasteiger partial charge in [-0.05, 0) is 72.1 Å². The minimum absolute atomic E-state index is 0.405. The Morgan fingerprint density at radius 1 is 0.409 bits per heavy atom. The third-order valence-corrected chi connectivity index (χ3v) is 17.5. The molecule has 1 aromatic rings. The Kier molecular flexibility index (Phi) is 22.2. The molecule has 0 radical (unpaired) electrons. The predicted octanol–water partition coefficient (Wildman–Crippen LogP) is 4.47. The van der Waals surface area contributed by atoms with E-state index < -0.39 is 37.1 Å². The first-order valence-corrected chi connectivity index (χ1v) is 22.4. The van der Waals surface area contributed by atoms with E-state index >= 15 is 0 Å². The van der Waals surface area contributed by atoms with Crippen LogP contribution in [0.3, 0.4) is 0 Å². The molecule has 4 unspecified atom stereocenters. The molecule has 1 rings (SSSR count). The Balaban J connectivity index is 3.18. The Bertz CT molecular complexity index is 723. The van der Waals surface area contributed by atoms with E-state index in [9.17, 15) is 0 Å². The van der Waals surface area contributed by atoms with Crippen LogP contribution in [0.2, 0.25) is 22.2 Å². The van der Waals surface area contributed by atoms with Crippen molar-refractivity contribution in [2.45, 2.75) is 75.5 Å². The summed E-state index contributed by atoms with van der Waals surface area (Å²) in [6.07, 6.45) is 4.06. The summed E-state index contributed by atoms with van der Waals surface area (Å²) in [7, 11) is 7.40. The zero-order chi connectivity index (χ0) is 33.1. The van der Waals surface area contributed by atoms with Crippen LogP contribution in [0, 0.1) is 0 Å². The van der Waals surface area contributed by atoms with Crippen molar-refractivity contribution in [2.24, 2.45) is 0 Å². The number of hydrogen-bond acceptors (Lipinski definition) is 10. The van der Waals surface area contributed by atoms with E-state index in [1.54, 1.807) is 56.9 Å². The Labute approximate surface area is 276 Å². The number of benzene rings is 1. The quantitative estimate of drug-likeness (QED) is 0.130. The van der Waals surface area contributed by atoms with E-state index in [2.05, 4.69) is 61.8 Å². The van der Waals surface area contributed by atoms with Crippen LogP contribution < -0.4 is 9.80 Å². The van der Waals surface area contributed by atoms with Crippen LogP contribution in [0.25, 0.3) is 0 Å². The molecule has 0 aliphatic carbocycles. The smallest absolute Gasteiger partial charge is 0.323 e. The van der Waals surface area contributed by atoms with Gasteiger partial charge in [0.1, 0.15) is 0 Å². The van der Waals surface area contributed by atoms with Gasteiger partial charge in [-0.3, -0.25) is 0 Å². The summed E-state index contributed by atoms with van der Waals surface area (Å²) in [4.78, 5) is 5.00. The molecule has 0 aromatic heterocycles. The van der Waals surface area contributed by atoms with Crippen molar-refractivity contribution in [1.82, 2.24) is 0 Å². The van der Waals surface area contributed by atoms with Crippen molar-refractivity contribution in [2.75, 3.05) is 92.9 Å². The highest BCUT2D eigenvalue weighted by Gasteiger charge is 2.25. The van der Waals surface area contributed by atoms with Gasteiger partial charge in [0.2, 0.25) is 0 Å². The fraction of sp³-hybridized carbons (Fsp3) is 0.800. The van der Waals surface area contributed by atoms with E-state index in [4.69, 9.17) is 35.4 Å². The van der Waals surface area contributed by atoms with Gasteiger partial charge in [0.15, 0.2) is 0 Å². The van der Waals surface area contributed by atoms with Gasteiger partial charge in [0.25, 0.3) is 0 Å².